The number of rotatable bonds is 11. The Bertz CT molecular complexity index is 2220. The molecule has 5 amide bonds. The molecule has 0 saturated carbocycles. The van der Waals surface area contributed by atoms with Gasteiger partial charge < -0.3 is 40.2 Å². The fourth-order valence-electron chi connectivity index (χ4n) is 7.44. The normalized spacial score (nSPS) is 17.7. The molecular weight excluding hydrogens is 751 g/mol. The number of imidazole rings is 2. The zero-order chi connectivity index (χ0) is 40.2. The molecule has 4 N–H and O–H groups in total. The number of fused-ring (bicyclic) bond motifs is 1. The van der Waals surface area contributed by atoms with E-state index in [1.807, 2.05) is 54.8 Å². The van der Waals surface area contributed by atoms with E-state index in [9.17, 15) is 24.0 Å². The number of benzene rings is 2. The summed E-state index contributed by atoms with van der Waals surface area (Å²) in [6.07, 6.45) is 6.81. The Kier molecular flexibility index (Phi) is 11.5. The molecule has 5 aromatic rings. The molecule has 16 nitrogen and oxygen atoms in total. The van der Waals surface area contributed by atoms with Gasteiger partial charge in [-0.2, -0.15) is 0 Å². The van der Waals surface area contributed by atoms with Gasteiger partial charge in [-0.05, 0) is 42.7 Å². The number of ether oxygens (including phenoxy) is 2. The second-order valence-electron chi connectivity index (χ2n) is 14.4. The number of anilines is 1. The van der Waals surface area contributed by atoms with Crippen LogP contribution >= 0.6 is 11.3 Å². The van der Waals surface area contributed by atoms with E-state index in [4.69, 9.17) is 14.5 Å². The Labute approximate surface area is 333 Å². The standard InChI is InChI=1S/C40H45N9O7S/c1-23(2)32(45-39(53)55-3)36(51)48-18-8-12-29(48)34-41-20-27(42-34)24-14-16-25(17-15-24)28-21-47-22-31(57-38(47)43-28)44-35(50)30-13-9-19-49(30)37(52)33(46-40(54)56-4)26-10-6-5-7-11-26/h5-7,10-11,14-17,20-23,29-30,32-33H,8-9,12-13,18-19H2,1-4H3,(H,41,42)(H,44,50)(H,45,53)(H,46,54)/t29-,30-,32-,33+/m0/s1. The maximum atomic E-state index is 13.7. The van der Waals surface area contributed by atoms with Gasteiger partial charge in [0.15, 0.2) is 4.96 Å². The summed E-state index contributed by atoms with van der Waals surface area (Å²) in [5.41, 5.74) is 3.98. The van der Waals surface area contributed by atoms with Crippen LogP contribution < -0.4 is 16.0 Å². The minimum atomic E-state index is -0.997. The van der Waals surface area contributed by atoms with Crippen molar-refractivity contribution in [2.75, 3.05) is 32.6 Å². The van der Waals surface area contributed by atoms with E-state index in [0.717, 1.165) is 35.4 Å². The van der Waals surface area contributed by atoms with Gasteiger partial charge in [-0.25, -0.2) is 19.6 Å². The van der Waals surface area contributed by atoms with Crippen LogP contribution in [0.5, 0.6) is 0 Å². The summed E-state index contributed by atoms with van der Waals surface area (Å²) in [5, 5.41) is 8.86. The van der Waals surface area contributed by atoms with Crippen LogP contribution in [0.4, 0.5) is 14.6 Å². The summed E-state index contributed by atoms with van der Waals surface area (Å²) >= 11 is 1.32. The summed E-state index contributed by atoms with van der Waals surface area (Å²) in [4.78, 5) is 81.7. The number of aromatic amines is 1. The second kappa shape index (κ2) is 16.9. The molecule has 3 aromatic heterocycles. The van der Waals surface area contributed by atoms with Crippen molar-refractivity contribution in [3.8, 4) is 22.5 Å². The maximum absolute atomic E-state index is 13.7. The number of nitrogens with one attached hydrogen (secondary N) is 4. The SMILES string of the molecule is COC(=O)N[C@H](C(=O)N1CCC[C@H]1c1ncc(-c2ccc(-c3cn4cc(NC(=O)[C@@H]5CCCN5C(=O)[C@H](NC(=O)OC)c5ccccc5)sc4n3)cc2)[nH]1)C(C)C. The average molecular weight is 796 g/mol. The van der Waals surface area contributed by atoms with Gasteiger partial charge >= 0.3 is 12.2 Å². The van der Waals surface area contributed by atoms with Crippen LogP contribution in [-0.4, -0.2) is 98.5 Å². The molecule has 2 saturated heterocycles. The fraction of sp³-hybridized carbons (Fsp3) is 0.375. The van der Waals surface area contributed by atoms with Crippen molar-refractivity contribution in [1.29, 1.82) is 0 Å². The lowest BCUT2D eigenvalue weighted by Crippen LogP contribution is -2.51. The highest BCUT2D eigenvalue weighted by atomic mass is 32.1. The van der Waals surface area contributed by atoms with Crippen LogP contribution in [0.3, 0.4) is 0 Å². The number of thiazole rings is 1. The highest BCUT2D eigenvalue weighted by molar-refractivity contribution is 7.21. The lowest BCUT2D eigenvalue weighted by molar-refractivity contribution is -0.138. The number of hydrogen-bond acceptors (Lipinski definition) is 10. The Hall–Kier alpha value is -6.23. The zero-order valence-corrected chi connectivity index (χ0v) is 32.9. The van der Waals surface area contributed by atoms with E-state index in [0.29, 0.717) is 47.3 Å². The van der Waals surface area contributed by atoms with Gasteiger partial charge in [-0.1, -0.05) is 79.8 Å². The van der Waals surface area contributed by atoms with E-state index in [1.54, 1.807) is 41.6 Å². The quantitative estimate of drug-likeness (QED) is 0.133. The van der Waals surface area contributed by atoms with Crippen molar-refractivity contribution >= 4 is 51.2 Å². The topological polar surface area (TPSA) is 192 Å². The molecule has 17 heteroatoms. The largest absolute Gasteiger partial charge is 0.453 e. The lowest BCUT2D eigenvalue weighted by atomic mass is 10.0. The number of hydrogen-bond donors (Lipinski definition) is 4. The van der Waals surface area contributed by atoms with E-state index >= 15 is 0 Å². The molecule has 7 rings (SSSR count). The average Bonchev–Trinajstić information content (AvgIpc) is 4.07. The molecule has 4 atom stereocenters. The number of nitrogens with zero attached hydrogens (tertiary/aromatic N) is 5. The third-order valence-electron chi connectivity index (χ3n) is 10.4. The monoisotopic (exact) mass is 795 g/mol. The van der Waals surface area contributed by atoms with Crippen molar-refractivity contribution in [3.05, 3.63) is 84.6 Å². The number of likely N-dealkylation sites (tertiary alicyclic amines) is 2. The first-order valence-corrected chi connectivity index (χ1v) is 19.7. The molecule has 2 fully saturated rings. The third kappa shape index (κ3) is 8.33. The van der Waals surface area contributed by atoms with Gasteiger partial charge in [0.25, 0.3) is 5.91 Å². The van der Waals surface area contributed by atoms with Crippen molar-refractivity contribution in [1.82, 2.24) is 39.8 Å². The summed E-state index contributed by atoms with van der Waals surface area (Å²) in [5.74, 6) is -0.283. The van der Waals surface area contributed by atoms with Crippen LogP contribution in [0.15, 0.2) is 73.2 Å². The smallest absolute Gasteiger partial charge is 0.407 e. The van der Waals surface area contributed by atoms with E-state index in [2.05, 4.69) is 25.9 Å². The van der Waals surface area contributed by atoms with Crippen molar-refractivity contribution in [3.63, 3.8) is 0 Å². The van der Waals surface area contributed by atoms with Crippen LogP contribution in [0.2, 0.25) is 0 Å². The summed E-state index contributed by atoms with van der Waals surface area (Å²) in [6, 6.07) is 14.2. The lowest BCUT2D eigenvalue weighted by Gasteiger charge is -2.30. The van der Waals surface area contributed by atoms with Crippen LogP contribution in [0.25, 0.3) is 27.5 Å². The molecule has 0 unspecified atom stereocenters. The first-order chi connectivity index (χ1) is 27.5. The summed E-state index contributed by atoms with van der Waals surface area (Å²) in [6.45, 7) is 4.73. The minimum Gasteiger partial charge on any atom is -0.453 e. The molecule has 57 heavy (non-hydrogen) atoms. The van der Waals surface area contributed by atoms with E-state index in [1.165, 1.54) is 30.5 Å². The number of methoxy groups -OCH3 is 2. The molecule has 298 valence electrons. The van der Waals surface area contributed by atoms with Crippen molar-refractivity contribution in [2.45, 2.75) is 63.7 Å². The molecule has 2 aliphatic rings. The summed E-state index contributed by atoms with van der Waals surface area (Å²) < 4.78 is 11.4. The van der Waals surface area contributed by atoms with Crippen LogP contribution in [0, 0.1) is 5.92 Å². The number of carbonyl (C=O) groups is 5. The minimum absolute atomic E-state index is 0.122. The molecule has 5 heterocycles. The summed E-state index contributed by atoms with van der Waals surface area (Å²) in [7, 11) is 2.51. The maximum Gasteiger partial charge on any atom is 0.407 e. The predicted molar refractivity (Wildman–Crippen MR) is 212 cm³/mol. The van der Waals surface area contributed by atoms with E-state index < -0.39 is 30.3 Å². The Morgan fingerprint density at radius 1 is 0.842 bits per heavy atom. The van der Waals surface area contributed by atoms with Crippen LogP contribution in [-0.2, 0) is 23.9 Å². The van der Waals surface area contributed by atoms with Crippen molar-refractivity contribution < 1.29 is 33.4 Å². The van der Waals surface area contributed by atoms with Crippen molar-refractivity contribution in [2.24, 2.45) is 5.92 Å². The third-order valence-corrected chi connectivity index (χ3v) is 11.3. The highest BCUT2D eigenvalue weighted by Gasteiger charge is 2.39. The van der Waals surface area contributed by atoms with Gasteiger partial charge in [0.1, 0.15) is 29.0 Å². The predicted octanol–water partition coefficient (Wildman–Crippen LogP) is 5.52. The van der Waals surface area contributed by atoms with Crippen LogP contribution in [0.1, 0.15) is 63.0 Å². The molecule has 0 aliphatic carbocycles. The van der Waals surface area contributed by atoms with Gasteiger partial charge in [0, 0.05) is 31.0 Å². The first kappa shape index (κ1) is 39.0. The Morgan fingerprint density at radius 3 is 2.23 bits per heavy atom. The molecule has 0 bridgehead atoms. The molecule has 2 aromatic carbocycles. The number of H-pyrrole nitrogens is 1. The molecule has 2 aliphatic heterocycles. The number of alkyl carbamates (subject to hydrolysis) is 2. The molecule has 0 spiro atoms. The fourth-order valence-corrected chi connectivity index (χ4v) is 8.31. The zero-order valence-electron chi connectivity index (χ0n) is 32.1. The highest BCUT2D eigenvalue weighted by Crippen LogP contribution is 2.34. The van der Waals surface area contributed by atoms with E-state index in [-0.39, 0.29) is 29.7 Å². The van der Waals surface area contributed by atoms with Gasteiger partial charge in [-0.3, -0.25) is 18.8 Å². The van der Waals surface area contributed by atoms with Gasteiger partial charge in [0.05, 0.1) is 37.8 Å². The first-order valence-electron chi connectivity index (χ1n) is 18.8. The number of amides is 5. The Balaban J connectivity index is 0.994. The second-order valence-corrected chi connectivity index (χ2v) is 15.4. The van der Waals surface area contributed by atoms with Gasteiger partial charge in [0.2, 0.25) is 11.8 Å². The molecular formula is C40H45N9O7S. The number of carbonyl (C=O) groups excluding carboxylic acids is 5. The molecule has 0 radical (unpaired) electrons. The Morgan fingerprint density at radius 2 is 1.53 bits per heavy atom. The van der Waals surface area contributed by atoms with Gasteiger partial charge in [-0.15, -0.1) is 0 Å². The number of aromatic nitrogens is 4.